The van der Waals surface area contributed by atoms with Gasteiger partial charge in [0.25, 0.3) is 5.91 Å². The molecular weight excluding hydrogens is 260 g/mol. The molecular formula is C15H21ClN2O. The monoisotopic (exact) mass is 280 g/mol. The molecule has 1 amide bonds. The Labute approximate surface area is 119 Å². The van der Waals surface area contributed by atoms with Crippen LogP contribution in [0.5, 0.6) is 0 Å². The highest BCUT2D eigenvalue weighted by Gasteiger charge is 2.19. The molecule has 0 spiro atoms. The average molecular weight is 281 g/mol. The van der Waals surface area contributed by atoms with E-state index in [2.05, 4.69) is 5.32 Å². The van der Waals surface area contributed by atoms with E-state index in [0.29, 0.717) is 16.6 Å². The molecule has 0 saturated carbocycles. The van der Waals surface area contributed by atoms with Crippen molar-refractivity contribution in [1.82, 2.24) is 10.2 Å². The van der Waals surface area contributed by atoms with Gasteiger partial charge in [0.2, 0.25) is 0 Å². The number of likely N-dealkylation sites (N-methyl/N-ethyl adjacent to an activating group) is 1. The molecule has 1 aromatic carbocycles. The van der Waals surface area contributed by atoms with Crippen LogP contribution >= 0.6 is 11.6 Å². The first-order valence-electron chi connectivity index (χ1n) is 6.83. The summed E-state index contributed by atoms with van der Waals surface area (Å²) >= 11 is 5.97. The zero-order valence-corrected chi connectivity index (χ0v) is 12.3. The van der Waals surface area contributed by atoms with Crippen molar-refractivity contribution in [3.63, 3.8) is 0 Å². The third kappa shape index (κ3) is 3.71. The highest BCUT2D eigenvalue weighted by molar-refractivity contribution is 6.31. The second-order valence-corrected chi connectivity index (χ2v) is 5.73. The maximum atomic E-state index is 12.4. The van der Waals surface area contributed by atoms with Gasteiger partial charge in [-0.3, -0.25) is 4.79 Å². The summed E-state index contributed by atoms with van der Waals surface area (Å²) in [6.45, 7) is 3.75. The fraction of sp³-hybridized carbons (Fsp3) is 0.533. The number of carbonyl (C=O) groups excluding carboxylic acids is 1. The number of hydrogen-bond acceptors (Lipinski definition) is 2. The first-order chi connectivity index (χ1) is 9.08. The standard InChI is InChI=1S/C15H21ClN2O/c1-11-6-7-12(16)9-14(11)15(19)18(2)10-13-5-3-4-8-17-13/h6-7,9,13,17H,3-5,8,10H2,1-2H3. The van der Waals surface area contributed by atoms with Crippen molar-refractivity contribution < 1.29 is 4.79 Å². The van der Waals surface area contributed by atoms with Crippen LogP contribution in [-0.4, -0.2) is 37.0 Å². The third-order valence-corrected chi connectivity index (χ3v) is 3.92. The molecule has 0 radical (unpaired) electrons. The van der Waals surface area contributed by atoms with E-state index in [1.807, 2.05) is 26.1 Å². The second kappa shape index (κ2) is 6.40. The molecule has 104 valence electrons. The Balaban J connectivity index is 2.03. The molecule has 1 aliphatic heterocycles. The lowest BCUT2D eigenvalue weighted by Gasteiger charge is -2.28. The van der Waals surface area contributed by atoms with Gasteiger partial charge in [-0.05, 0) is 44.0 Å². The lowest BCUT2D eigenvalue weighted by atomic mass is 10.0. The Morgan fingerprint density at radius 3 is 2.95 bits per heavy atom. The van der Waals surface area contributed by atoms with E-state index in [1.165, 1.54) is 12.8 Å². The lowest BCUT2D eigenvalue weighted by molar-refractivity contribution is 0.0774. The van der Waals surface area contributed by atoms with Crippen molar-refractivity contribution in [3.8, 4) is 0 Å². The first kappa shape index (κ1) is 14.4. The maximum absolute atomic E-state index is 12.4. The SMILES string of the molecule is Cc1ccc(Cl)cc1C(=O)N(C)CC1CCCCN1. The van der Waals surface area contributed by atoms with Crippen LogP contribution in [0.2, 0.25) is 5.02 Å². The van der Waals surface area contributed by atoms with E-state index in [-0.39, 0.29) is 5.91 Å². The average Bonchev–Trinajstić information content (AvgIpc) is 2.42. The van der Waals surface area contributed by atoms with Gasteiger partial charge in [0.15, 0.2) is 0 Å². The zero-order valence-electron chi connectivity index (χ0n) is 11.6. The van der Waals surface area contributed by atoms with Crippen LogP contribution in [0.3, 0.4) is 0 Å². The van der Waals surface area contributed by atoms with Crippen molar-refractivity contribution in [2.45, 2.75) is 32.2 Å². The van der Waals surface area contributed by atoms with E-state index < -0.39 is 0 Å². The third-order valence-electron chi connectivity index (χ3n) is 3.68. The van der Waals surface area contributed by atoms with Gasteiger partial charge in [-0.1, -0.05) is 24.1 Å². The molecule has 1 aliphatic rings. The Bertz CT molecular complexity index is 455. The van der Waals surface area contributed by atoms with Crippen molar-refractivity contribution in [3.05, 3.63) is 34.3 Å². The smallest absolute Gasteiger partial charge is 0.253 e. The van der Waals surface area contributed by atoms with Crippen molar-refractivity contribution in [1.29, 1.82) is 0 Å². The summed E-state index contributed by atoms with van der Waals surface area (Å²) in [7, 11) is 1.86. The molecule has 1 aromatic rings. The number of aryl methyl sites for hydroxylation is 1. The van der Waals surface area contributed by atoms with Crippen LogP contribution in [0.25, 0.3) is 0 Å². The molecule has 4 heteroatoms. The van der Waals surface area contributed by atoms with Gasteiger partial charge >= 0.3 is 0 Å². The summed E-state index contributed by atoms with van der Waals surface area (Å²) in [5, 5.41) is 4.07. The minimum absolute atomic E-state index is 0.0485. The van der Waals surface area contributed by atoms with E-state index >= 15 is 0 Å². The lowest BCUT2D eigenvalue weighted by Crippen LogP contribution is -2.44. The van der Waals surface area contributed by atoms with Crippen LogP contribution in [0.15, 0.2) is 18.2 Å². The molecule has 1 heterocycles. The van der Waals surface area contributed by atoms with Crippen molar-refractivity contribution in [2.24, 2.45) is 0 Å². The minimum atomic E-state index is 0.0485. The van der Waals surface area contributed by atoms with Gasteiger partial charge in [-0.2, -0.15) is 0 Å². The van der Waals surface area contributed by atoms with Crippen LogP contribution < -0.4 is 5.32 Å². The minimum Gasteiger partial charge on any atom is -0.340 e. The topological polar surface area (TPSA) is 32.3 Å². The largest absolute Gasteiger partial charge is 0.340 e. The summed E-state index contributed by atoms with van der Waals surface area (Å²) in [4.78, 5) is 14.2. The molecule has 0 bridgehead atoms. The Morgan fingerprint density at radius 1 is 1.47 bits per heavy atom. The van der Waals surface area contributed by atoms with Gasteiger partial charge < -0.3 is 10.2 Å². The molecule has 19 heavy (non-hydrogen) atoms. The summed E-state index contributed by atoms with van der Waals surface area (Å²) in [6, 6.07) is 5.88. The molecule has 1 N–H and O–H groups in total. The predicted octanol–water partition coefficient (Wildman–Crippen LogP) is 2.86. The normalized spacial score (nSPS) is 19.2. The first-order valence-corrected chi connectivity index (χ1v) is 7.20. The molecule has 1 unspecified atom stereocenters. The van der Waals surface area contributed by atoms with E-state index in [0.717, 1.165) is 25.1 Å². The fourth-order valence-electron chi connectivity index (χ4n) is 2.52. The number of halogens is 1. The highest BCUT2D eigenvalue weighted by Crippen LogP contribution is 2.17. The number of carbonyl (C=O) groups is 1. The summed E-state index contributed by atoms with van der Waals surface area (Å²) < 4.78 is 0. The Morgan fingerprint density at radius 2 is 2.26 bits per heavy atom. The van der Waals surface area contributed by atoms with E-state index in [1.54, 1.807) is 11.0 Å². The summed E-state index contributed by atoms with van der Waals surface area (Å²) in [5.74, 6) is 0.0485. The number of nitrogens with zero attached hydrogens (tertiary/aromatic N) is 1. The van der Waals surface area contributed by atoms with Gasteiger partial charge in [0.1, 0.15) is 0 Å². The number of nitrogens with one attached hydrogen (secondary N) is 1. The second-order valence-electron chi connectivity index (χ2n) is 5.29. The van der Waals surface area contributed by atoms with Gasteiger partial charge in [0, 0.05) is 30.2 Å². The predicted molar refractivity (Wildman–Crippen MR) is 78.8 cm³/mol. The number of hydrogen-bond donors (Lipinski definition) is 1. The highest BCUT2D eigenvalue weighted by atomic mass is 35.5. The number of piperidine rings is 1. The van der Waals surface area contributed by atoms with Gasteiger partial charge in [0.05, 0.1) is 0 Å². The van der Waals surface area contributed by atoms with Crippen LogP contribution in [-0.2, 0) is 0 Å². The Hall–Kier alpha value is -1.06. The van der Waals surface area contributed by atoms with Crippen molar-refractivity contribution in [2.75, 3.05) is 20.1 Å². The molecule has 1 atom stereocenters. The van der Waals surface area contributed by atoms with Crippen LogP contribution in [0.4, 0.5) is 0 Å². The fourth-order valence-corrected chi connectivity index (χ4v) is 2.70. The summed E-state index contributed by atoms with van der Waals surface area (Å²) in [6.07, 6.45) is 3.63. The molecule has 1 fully saturated rings. The van der Waals surface area contributed by atoms with Crippen LogP contribution in [0, 0.1) is 6.92 Å². The van der Waals surface area contributed by atoms with Gasteiger partial charge in [-0.25, -0.2) is 0 Å². The maximum Gasteiger partial charge on any atom is 0.253 e. The molecule has 0 aliphatic carbocycles. The molecule has 1 saturated heterocycles. The summed E-state index contributed by atoms with van der Waals surface area (Å²) in [5.41, 5.74) is 1.67. The molecule has 0 aromatic heterocycles. The number of amides is 1. The van der Waals surface area contributed by atoms with E-state index in [9.17, 15) is 4.79 Å². The number of rotatable bonds is 3. The Kier molecular flexibility index (Phi) is 4.83. The van der Waals surface area contributed by atoms with Crippen LogP contribution in [0.1, 0.15) is 35.2 Å². The van der Waals surface area contributed by atoms with E-state index in [4.69, 9.17) is 11.6 Å². The molecule has 3 nitrogen and oxygen atoms in total. The quantitative estimate of drug-likeness (QED) is 0.923. The van der Waals surface area contributed by atoms with Gasteiger partial charge in [-0.15, -0.1) is 0 Å². The van der Waals surface area contributed by atoms with Crippen molar-refractivity contribution >= 4 is 17.5 Å². The number of benzene rings is 1. The zero-order chi connectivity index (χ0) is 13.8. The molecule has 2 rings (SSSR count).